The smallest absolute Gasteiger partial charge is 0.306 e. The highest BCUT2D eigenvalue weighted by molar-refractivity contribution is 5.71. The second-order valence-electron chi connectivity index (χ2n) is 23.4. The fraction of sp³-hybridized carbons (Fsp3) is 0.822. The summed E-state index contributed by atoms with van der Waals surface area (Å²) in [7, 11) is 0. The number of unbranched alkanes of at least 4 members (excludes halogenated alkanes) is 43. The molecular weight excluding hydrogens is 973 g/mol. The van der Waals surface area contributed by atoms with E-state index in [1.165, 1.54) is 231 Å². The van der Waals surface area contributed by atoms with Gasteiger partial charge in [-0.2, -0.15) is 0 Å². The summed E-state index contributed by atoms with van der Waals surface area (Å²) < 4.78 is 17.0. The molecule has 79 heavy (non-hydrogen) atoms. The Labute approximate surface area is 491 Å². The van der Waals surface area contributed by atoms with Crippen molar-refractivity contribution in [2.75, 3.05) is 13.2 Å². The zero-order chi connectivity index (χ0) is 57.1. The van der Waals surface area contributed by atoms with Crippen LogP contribution in [0.3, 0.4) is 0 Å². The van der Waals surface area contributed by atoms with E-state index >= 15 is 0 Å². The monoisotopic (exact) mass is 1110 g/mol. The van der Waals surface area contributed by atoms with Crippen LogP contribution in [-0.4, -0.2) is 37.2 Å². The molecule has 0 heterocycles. The molecule has 0 aliphatic carbocycles. The fourth-order valence-electron chi connectivity index (χ4n) is 10.4. The Bertz CT molecular complexity index is 1410. The van der Waals surface area contributed by atoms with Crippen molar-refractivity contribution in [3.8, 4) is 0 Å². The molecule has 0 N–H and O–H groups in total. The van der Waals surface area contributed by atoms with E-state index < -0.39 is 6.10 Å². The zero-order valence-electron chi connectivity index (χ0n) is 52.9. The lowest BCUT2D eigenvalue weighted by molar-refractivity contribution is -0.167. The van der Waals surface area contributed by atoms with Gasteiger partial charge in [-0.3, -0.25) is 14.4 Å². The topological polar surface area (TPSA) is 78.9 Å². The van der Waals surface area contributed by atoms with E-state index in [9.17, 15) is 14.4 Å². The van der Waals surface area contributed by atoms with Gasteiger partial charge in [0, 0.05) is 19.3 Å². The van der Waals surface area contributed by atoms with Gasteiger partial charge in [-0.15, -0.1) is 0 Å². The third kappa shape index (κ3) is 65.8. The zero-order valence-corrected chi connectivity index (χ0v) is 52.9. The number of carbonyl (C=O) groups excluding carboxylic acids is 3. The average molecular weight is 1110 g/mol. The highest BCUT2D eigenvalue weighted by Gasteiger charge is 2.19. The predicted molar refractivity (Wildman–Crippen MR) is 344 cm³/mol. The van der Waals surface area contributed by atoms with Gasteiger partial charge in [0.05, 0.1) is 0 Å². The first-order valence-electron chi connectivity index (χ1n) is 34.8. The molecule has 0 aromatic rings. The third-order valence-corrected chi connectivity index (χ3v) is 15.5. The van der Waals surface area contributed by atoms with Crippen LogP contribution in [0.25, 0.3) is 0 Å². The summed E-state index contributed by atoms with van der Waals surface area (Å²) in [4.78, 5) is 38.4. The summed E-state index contributed by atoms with van der Waals surface area (Å²) in [5.41, 5.74) is 0. The molecule has 0 bridgehead atoms. The second-order valence-corrected chi connectivity index (χ2v) is 23.4. The van der Waals surface area contributed by atoms with Gasteiger partial charge in [0.15, 0.2) is 6.10 Å². The molecule has 0 radical (unpaired) electrons. The molecule has 0 saturated heterocycles. The Hall–Kier alpha value is -2.89. The molecule has 0 spiro atoms. The van der Waals surface area contributed by atoms with E-state index in [2.05, 4.69) is 81.5 Å². The summed E-state index contributed by atoms with van der Waals surface area (Å²) >= 11 is 0. The van der Waals surface area contributed by atoms with E-state index in [0.717, 1.165) is 96.3 Å². The van der Waals surface area contributed by atoms with Crippen LogP contribution in [0.5, 0.6) is 0 Å². The highest BCUT2D eigenvalue weighted by Crippen LogP contribution is 2.18. The third-order valence-electron chi connectivity index (χ3n) is 15.5. The minimum absolute atomic E-state index is 0.0828. The Morgan fingerprint density at radius 1 is 0.266 bits per heavy atom. The Morgan fingerprint density at radius 2 is 0.494 bits per heavy atom. The van der Waals surface area contributed by atoms with Crippen LogP contribution < -0.4 is 0 Å². The van der Waals surface area contributed by atoms with Crippen molar-refractivity contribution < 1.29 is 28.6 Å². The number of rotatable bonds is 64. The average Bonchev–Trinajstić information content (AvgIpc) is 3.45. The van der Waals surface area contributed by atoms with Gasteiger partial charge in [0.1, 0.15) is 13.2 Å². The fourth-order valence-corrected chi connectivity index (χ4v) is 10.4. The molecule has 6 heteroatoms. The van der Waals surface area contributed by atoms with E-state index in [4.69, 9.17) is 14.2 Å². The van der Waals surface area contributed by atoms with Gasteiger partial charge in [-0.1, -0.05) is 345 Å². The van der Waals surface area contributed by atoms with E-state index in [-0.39, 0.29) is 31.1 Å². The lowest BCUT2D eigenvalue weighted by Gasteiger charge is -2.18. The van der Waals surface area contributed by atoms with Crippen LogP contribution in [0.4, 0.5) is 0 Å². The molecule has 0 aromatic heterocycles. The number of hydrogen-bond donors (Lipinski definition) is 0. The van der Waals surface area contributed by atoms with Crippen molar-refractivity contribution >= 4 is 17.9 Å². The maximum Gasteiger partial charge on any atom is 0.306 e. The summed E-state index contributed by atoms with van der Waals surface area (Å²) in [5, 5.41) is 0. The van der Waals surface area contributed by atoms with Crippen LogP contribution in [0.1, 0.15) is 367 Å². The van der Waals surface area contributed by atoms with E-state index in [0.29, 0.717) is 19.3 Å². The Morgan fingerprint density at radius 3 is 0.772 bits per heavy atom. The highest BCUT2D eigenvalue weighted by atomic mass is 16.6. The summed E-state index contributed by atoms with van der Waals surface area (Å²) in [6.45, 7) is 6.57. The minimum Gasteiger partial charge on any atom is -0.462 e. The number of hydrogen-bond acceptors (Lipinski definition) is 6. The van der Waals surface area contributed by atoms with Crippen LogP contribution >= 0.6 is 0 Å². The Balaban J connectivity index is 4.34. The van der Waals surface area contributed by atoms with Gasteiger partial charge < -0.3 is 14.2 Å². The lowest BCUT2D eigenvalue weighted by Crippen LogP contribution is -2.30. The minimum atomic E-state index is -0.791. The largest absolute Gasteiger partial charge is 0.462 e. The molecule has 0 fully saturated rings. The number of carbonyl (C=O) groups is 3. The number of ether oxygens (including phenoxy) is 3. The maximum absolute atomic E-state index is 12.9. The molecule has 0 saturated carbocycles. The molecule has 1 unspecified atom stereocenters. The van der Waals surface area contributed by atoms with Crippen molar-refractivity contribution in [3.05, 3.63) is 60.8 Å². The van der Waals surface area contributed by atoms with Crippen molar-refractivity contribution in [3.63, 3.8) is 0 Å². The van der Waals surface area contributed by atoms with Gasteiger partial charge >= 0.3 is 17.9 Å². The van der Waals surface area contributed by atoms with Crippen LogP contribution in [0.15, 0.2) is 60.8 Å². The summed E-state index contributed by atoms with van der Waals surface area (Å²) in [5.74, 6) is -0.889. The molecule has 0 aliphatic rings. The first-order chi connectivity index (χ1) is 39.0. The molecule has 0 aromatic carbocycles. The lowest BCUT2D eigenvalue weighted by atomic mass is 10.0. The molecule has 0 aliphatic heterocycles. The first-order valence-corrected chi connectivity index (χ1v) is 34.8. The first kappa shape index (κ1) is 76.1. The summed E-state index contributed by atoms with van der Waals surface area (Å²) in [6, 6.07) is 0. The molecule has 6 nitrogen and oxygen atoms in total. The normalized spacial score (nSPS) is 12.4. The Kier molecular flexibility index (Phi) is 65.1. The standard InChI is InChI=1S/C73H132O6/c1-4-7-10-13-16-19-22-25-28-31-34-35-36-37-38-40-42-45-48-51-54-57-60-63-66-72(75)78-69-70(68-77-71(74)65-62-59-56-53-50-47-44-41-33-30-27-24-21-18-15-12-9-6-3)79-73(76)67-64-61-58-55-52-49-46-43-39-32-29-26-23-20-17-14-11-8-5-2/h8,11,17,20,26,29,39,43,49,52,70H,4-7,9-10,12-16,18-19,21-25,27-28,30-38,40-42,44-48,50-51,53-69H2,1-3H3/b11-8-,20-17-,29-26-,43-39-,52-49-. The van der Waals surface area contributed by atoms with Crippen molar-refractivity contribution in [1.82, 2.24) is 0 Å². The predicted octanol–water partition coefficient (Wildman–Crippen LogP) is 23.9. The van der Waals surface area contributed by atoms with Crippen molar-refractivity contribution in [2.24, 2.45) is 0 Å². The van der Waals surface area contributed by atoms with Crippen LogP contribution in [-0.2, 0) is 28.6 Å². The van der Waals surface area contributed by atoms with E-state index in [1.807, 2.05) is 0 Å². The van der Waals surface area contributed by atoms with Gasteiger partial charge in [0.2, 0.25) is 0 Å². The van der Waals surface area contributed by atoms with E-state index in [1.54, 1.807) is 0 Å². The van der Waals surface area contributed by atoms with Crippen molar-refractivity contribution in [2.45, 2.75) is 374 Å². The van der Waals surface area contributed by atoms with Crippen LogP contribution in [0, 0.1) is 0 Å². The second kappa shape index (κ2) is 67.6. The number of esters is 3. The molecule has 0 rings (SSSR count). The van der Waals surface area contributed by atoms with Crippen molar-refractivity contribution in [1.29, 1.82) is 0 Å². The van der Waals surface area contributed by atoms with Gasteiger partial charge in [-0.25, -0.2) is 0 Å². The summed E-state index contributed by atoms with van der Waals surface area (Å²) in [6.07, 6.45) is 86.7. The van der Waals surface area contributed by atoms with Gasteiger partial charge in [-0.05, 0) is 64.2 Å². The molecule has 0 amide bonds. The molecule has 460 valence electrons. The molecular formula is C73H132O6. The van der Waals surface area contributed by atoms with Crippen LogP contribution in [0.2, 0.25) is 0 Å². The maximum atomic E-state index is 12.9. The SMILES string of the molecule is CC/C=C\C/C=C\C/C=C\C/C=C\C/C=C\CCCCCC(=O)OC(COC(=O)CCCCCCCCCCCCCCCCCCCC)COC(=O)CCCCCCCCCCCCCCCCCCCCCCCCCC. The molecule has 1 atom stereocenters. The number of allylic oxidation sites excluding steroid dienone is 10. The quantitative estimate of drug-likeness (QED) is 0.0261. The van der Waals surface area contributed by atoms with Gasteiger partial charge in [0.25, 0.3) is 0 Å².